The van der Waals surface area contributed by atoms with Gasteiger partial charge in [-0.1, -0.05) is 108 Å². The van der Waals surface area contributed by atoms with E-state index in [9.17, 15) is 15.0 Å². The van der Waals surface area contributed by atoms with Crippen molar-refractivity contribution in [3.05, 3.63) is 36.5 Å². The van der Waals surface area contributed by atoms with Crippen molar-refractivity contribution >= 4 is 5.97 Å². The van der Waals surface area contributed by atoms with Gasteiger partial charge in [-0.2, -0.15) is 0 Å². The molecular formula is C24H40O3. The number of hydrogen-bond acceptors (Lipinski definition) is 2. The quantitative estimate of drug-likeness (QED) is 0.236. The molecule has 3 nitrogen and oxygen atoms in total. The van der Waals surface area contributed by atoms with Gasteiger partial charge < -0.3 is 10.2 Å². The van der Waals surface area contributed by atoms with Crippen LogP contribution in [0.4, 0.5) is 0 Å². The van der Waals surface area contributed by atoms with E-state index in [2.05, 4.69) is 19.1 Å². The first-order valence-corrected chi connectivity index (χ1v) is 11.1. The van der Waals surface area contributed by atoms with E-state index in [1.807, 2.05) is 0 Å². The van der Waals surface area contributed by atoms with Gasteiger partial charge in [0.25, 0.3) is 0 Å². The molecule has 0 fully saturated rings. The third-order valence-electron chi connectivity index (χ3n) is 5.44. The molecule has 0 aromatic carbocycles. The van der Waals surface area contributed by atoms with Gasteiger partial charge in [0.1, 0.15) is 5.92 Å². The van der Waals surface area contributed by atoms with Crippen molar-refractivity contribution in [2.75, 3.05) is 0 Å². The van der Waals surface area contributed by atoms with E-state index < -0.39 is 17.5 Å². The summed E-state index contributed by atoms with van der Waals surface area (Å²) in [6.07, 6.45) is 27.9. The van der Waals surface area contributed by atoms with E-state index in [0.29, 0.717) is 6.42 Å². The molecule has 1 rings (SSSR count). The number of rotatable bonds is 16. The second-order valence-electron chi connectivity index (χ2n) is 7.89. The van der Waals surface area contributed by atoms with E-state index in [1.165, 1.54) is 70.6 Å². The predicted octanol–water partition coefficient (Wildman–Crippen LogP) is 6.58. The van der Waals surface area contributed by atoms with Crippen LogP contribution in [0.25, 0.3) is 0 Å². The highest BCUT2D eigenvalue weighted by molar-refractivity contribution is 5.75. The van der Waals surface area contributed by atoms with Crippen molar-refractivity contribution in [1.82, 2.24) is 0 Å². The molecule has 0 saturated carbocycles. The fraction of sp³-hybridized carbons (Fsp3) is 0.708. The zero-order valence-electron chi connectivity index (χ0n) is 17.2. The van der Waals surface area contributed by atoms with Crippen molar-refractivity contribution in [2.45, 2.75) is 102 Å². The van der Waals surface area contributed by atoms with Crippen LogP contribution in [0, 0.1) is 5.92 Å². The minimum Gasteiger partial charge on any atom is -0.481 e. The van der Waals surface area contributed by atoms with Gasteiger partial charge in [-0.25, -0.2) is 0 Å². The molecule has 0 heterocycles. The SMILES string of the molecule is CCCCC=CCCCCCCCCCCCC1(O)C=CC=CC1C(=O)O. The molecule has 0 saturated heterocycles. The van der Waals surface area contributed by atoms with Gasteiger partial charge in [0.05, 0.1) is 5.60 Å². The van der Waals surface area contributed by atoms with Crippen LogP contribution in [-0.2, 0) is 4.79 Å². The molecule has 0 aliphatic heterocycles. The number of aliphatic hydroxyl groups is 1. The van der Waals surface area contributed by atoms with Crippen LogP contribution in [0.2, 0.25) is 0 Å². The summed E-state index contributed by atoms with van der Waals surface area (Å²) in [5, 5.41) is 19.8. The highest BCUT2D eigenvalue weighted by Gasteiger charge is 2.38. The number of carboxylic acid groups (broad SMARTS) is 1. The molecule has 0 spiro atoms. The second kappa shape index (κ2) is 14.7. The fourth-order valence-corrected chi connectivity index (χ4v) is 3.67. The molecule has 2 N–H and O–H groups in total. The Morgan fingerprint density at radius 1 is 0.889 bits per heavy atom. The predicted molar refractivity (Wildman–Crippen MR) is 114 cm³/mol. The molecule has 0 radical (unpaired) electrons. The Labute approximate surface area is 166 Å². The summed E-state index contributed by atoms with van der Waals surface area (Å²) in [7, 11) is 0. The number of carboxylic acids is 1. The van der Waals surface area contributed by atoms with Crippen LogP contribution in [0.15, 0.2) is 36.5 Å². The van der Waals surface area contributed by atoms with Crippen molar-refractivity contribution in [1.29, 1.82) is 0 Å². The van der Waals surface area contributed by atoms with Gasteiger partial charge in [0.2, 0.25) is 0 Å². The maximum absolute atomic E-state index is 11.3. The molecule has 0 aromatic rings. The van der Waals surface area contributed by atoms with Gasteiger partial charge in [-0.15, -0.1) is 0 Å². The Morgan fingerprint density at radius 2 is 1.44 bits per heavy atom. The van der Waals surface area contributed by atoms with E-state index in [0.717, 1.165) is 12.8 Å². The monoisotopic (exact) mass is 376 g/mol. The number of unbranched alkanes of at least 4 members (excludes halogenated alkanes) is 11. The third kappa shape index (κ3) is 10.5. The molecule has 2 atom stereocenters. The van der Waals surface area contributed by atoms with E-state index >= 15 is 0 Å². The zero-order chi connectivity index (χ0) is 19.8. The first-order chi connectivity index (χ1) is 13.1. The molecular weight excluding hydrogens is 336 g/mol. The van der Waals surface area contributed by atoms with Gasteiger partial charge >= 0.3 is 5.97 Å². The Hall–Kier alpha value is -1.35. The standard InChI is InChI=1S/C24H40O3/c1-2-3-4-5-6-7-8-9-10-11-12-13-14-15-17-20-24(27)21-18-16-19-22(24)23(25)26/h5-6,16,18-19,21-22,27H,2-4,7-15,17,20H2,1H3,(H,25,26). The molecule has 0 amide bonds. The van der Waals surface area contributed by atoms with Gasteiger partial charge in [0, 0.05) is 0 Å². The molecule has 1 aliphatic carbocycles. The minimum absolute atomic E-state index is 0.524. The molecule has 1 aliphatic rings. The molecule has 0 aromatic heterocycles. The normalized spacial score (nSPS) is 21.9. The average Bonchev–Trinajstić information content (AvgIpc) is 2.65. The number of aliphatic carboxylic acids is 1. The Kier molecular flexibility index (Phi) is 12.9. The average molecular weight is 377 g/mol. The highest BCUT2D eigenvalue weighted by atomic mass is 16.4. The molecule has 0 bridgehead atoms. The minimum atomic E-state index is -1.22. The molecule has 154 valence electrons. The second-order valence-corrected chi connectivity index (χ2v) is 7.89. The topological polar surface area (TPSA) is 57.5 Å². The van der Waals surface area contributed by atoms with Crippen molar-refractivity contribution in [3.8, 4) is 0 Å². The number of allylic oxidation sites excluding steroid dienone is 4. The zero-order valence-corrected chi connectivity index (χ0v) is 17.2. The maximum atomic E-state index is 11.3. The highest BCUT2D eigenvalue weighted by Crippen LogP contribution is 2.30. The van der Waals surface area contributed by atoms with Gasteiger partial charge in [-0.05, 0) is 25.7 Å². The van der Waals surface area contributed by atoms with Crippen LogP contribution in [0.3, 0.4) is 0 Å². The molecule has 27 heavy (non-hydrogen) atoms. The summed E-state index contributed by atoms with van der Waals surface area (Å²) in [6, 6.07) is 0. The van der Waals surface area contributed by atoms with Crippen molar-refractivity contribution < 1.29 is 15.0 Å². The van der Waals surface area contributed by atoms with Crippen LogP contribution in [-0.4, -0.2) is 21.8 Å². The maximum Gasteiger partial charge on any atom is 0.313 e. The lowest BCUT2D eigenvalue weighted by molar-refractivity contribution is -0.146. The van der Waals surface area contributed by atoms with Gasteiger partial charge in [0.15, 0.2) is 0 Å². The van der Waals surface area contributed by atoms with E-state index in [-0.39, 0.29) is 0 Å². The van der Waals surface area contributed by atoms with Crippen LogP contribution in [0.5, 0.6) is 0 Å². The van der Waals surface area contributed by atoms with Crippen LogP contribution in [0.1, 0.15) is 96.8 Å². The number of carbonyl (C=O) groups is 1. The molecule has 2 unspecified atom stereocenters. The van der Waals surface area contributed by atoms with Crippen LogP contribution >= 0.6 is 0 Å². The number of hydrogen-bond donors (Lipinski definition) is 2. The summed E-state index contributed by atoms with van der Waals surface area (Å²) in [4.78, 5) is 11.3. The lowest BCUT2D eigenvalue weighted by Crippen LogP contribution is -2.40. The summed E-state index contributed by atoms with van der Waals surface area (Å²) in [5.41, 5.74) is -1.22. The largest absolute Gasteiger partial charge is 0.481 e. The lowest BCUT2D eigenvalue weighted by atomic mass is 9.80. The van der Waals surface area contributed by atoms with E-state index in [1.54, 1.807) is 24.3 Å². The Balaban J connectivity index is 1.94. The first kappa shape index (κ1) is 23.7. The summed E-state index contributed by atoms with van der Waals surface area (Å²) >= 11 is 0. The fourth-order valence-electron chi connectivity index (χ4n) is 3.67. The van der Waals surface area contributed by atoms with Crippen LogP contribution < -0.4 is 0 Å². The Morgan fingerprint density at radius 3 is 2.04 bits per heavy atom. The Bertz CT molecular complexity index is 478. The first-order valence-electron chi connectivity index (χ1n) is 11.1. The summed E-state index contributed by atoms with van der Waals surface area (Å²) in [5.74, 6) is -1.77. The molecule has 3 heteroatoms. The summed E-state index contributed by atoms with van der Waals surface area (Å²) < 4.78 is 0. The van der Waals surface area contributed by atoms with Crippen molar-refractivity contribution in [2.24, 2.45) is 5.92 Å². The summed E-state index contributed by atoms with van der Waals surface area (Å²) in [6.45, 7) is 2.23. The lowest BCUT2D eigenvalue weighted by Gasteiger charge is -2.31. The van der Waals surface area contributed by atoms with Crippen molar-refractivity contribution in [3.63, 3.8) is 0 Å². The smallest absolute Gasteiger partial charge is 0.313 e. The third-order valence-corrected chi connectivity index (χ3v) is 5.44. The van der Waals surface area contributed by atoms with Gasteiger partial charge in [-0.3, -0.25) is 4.79 Å². The van der Waals surface area contributed by atoms with E-state index in [4.69, 9.17) is 0 Å².